The van der Waals surface area contributed by atoms with Crippen LogP contribution in [0.1, 0.15) is 35.7 Å². The molecule has 126 valence electrons. The number of hydrogen-bond acceptors (Lipinski definition) is 6. The summed E-state index contributed by atoms with van der Waals surface area (Å²) in [5, 5.41) is 4.13. The van der Waals surface area contributed by atoms with Crippen LogP contribution in [0.5, 0.6) is 0 Å². The quantitative estimate of drug-likeness (QED) is 0.855. The van der Waals surface area contributed by atoms with E-state index in [1.165, 1.54) is 6.20 Å². The number of esters is 1. The van der Waals surface area contributed by atoms with E-state index >= 15 is 0 Å². The number of ether oxygens (including phenoxy) is 1. The summed E-state index contributed by atoms with van der Waals surface area (Å²) in [6.45, 7) is 2.03. The van der Waals surface area contributed by atoms with Crippen LogP contribution in [0.3, 0.4) is 0 Å². The number of aromatic nitrogens is 1. The number of fused-ring (bicyclic) bond motifs is 3. The number of hydrogen-bond donors (Lipinski definition) is 1. The maximum absolute atomic E-state index is 12.3. The lowest BCUT2D eigenvalue weighted by atomic mass is 10.0. The molecule has 0 amide bonds. The van der Waals surface area contributed by atoms with Crippen molar-refractivity contribution in [3.8, 4) is 0 Å². The van der Waals surface area contributed by atoms with E-state index in [2.05, 4.69) is 10.3 Å². The van der Waals surface area contributed by atoms with Crippen LogP contribution >= 0.6 is 0 Å². The van der Waals surface area contributed by atoms with Crippen molar-refractivity contribution in [3.63, 3.8) is 0 Å². The number of benzene rings is 1. The molecule has 0 spiro atoms. The first-order valence-electron chi connectivity index (χ1n) is 8.12. The summed E-state index contributed by atoms with van der Waals surface area (Å²) in [4.78, 5) is 17.0. The van der Waals surface area contributed by atoms with Crippen molar-refractivity contribution in [2.75, 3.05) is 17.7 Å². The molecule has 1 fully saturated rings. The Morgan fingerprint density at radius 2 is 2.17 bits per heavy atom. The standard InChI is InChI=1S/C17H18N2O4S/c1-2-23-17(20)12-9-18-13-5-6-14-11(7-8-24(14,21)22)15(13)16(12)19-10-3-4-10/h5-6,9-10H,2-4,7-8H2,1H3,(H,18,19). The number of nitrogens with zero attached hydrogens (tertiary/aromatic N) is 1. The van der Waals surface area contributed by atoms with Gasteiger partial charge in [0, 0.05) is 17.6 Å². The molecule has 6 nitrogen and oxygen atoms in total. The van der Waals surface area contributed by atoms with Gasteiger partial charge in [0.2, 0.25) is 0 Å². The summed E-state index contributed by atoms with van der Waals surface area (Å²) < 4.78 is 29.6. The normalized spacial score (nSPS) is 18.4. The number of anilines is 1. The Morgan fingerprint density at radius 3 is 2.88 bits per heavy atom. The summed E-state index contributed by atoms with van der Waals surface area (Å²) in [6, 6.07) is 3.65. The number of pyridine rings is 1. The number of sulfone groups is 1. The van der Waals surface area contributed by atoms with Crippen molar-refractivity contribution in [1.29, 1.82) is 0 Å². The van der Waals surface area contributed by atoms with Crippen molar-refractivity contribution in [2.45, 2.75) is 37.1 Å². The fraction of sp³-hybridized carbons (Fsp3) is 0.412. The maximum atomic E-state index is 12.3. The lowest BCUT2D eigenvalue weighted by molar-refractivity contribution is 0.0527. The van der Waals surface area contributed by atoms with Gasteiger partial charge in [-0.25, -0.2) is 13.2 Å². The van der Waals surface area contributed by atoms with E-state index in [1.807, 2.05) is 0 Å². The first-order valence-corrected chi connectivity index (χ1v) is 9.77. The number of nitrogens with one attached hydrogen (secondary N) is 1. The molecule has 1 saturated carbocycles. The van der Waals surface area contributed by atoms with Gasteiger partial charge in [0.25, 0.3) is 0 Å². The van der Waals surface area contributed by atoms with E-state index < -0.39 is 15.8 Å². The molecule has 0 saturated heterocycles. The van der Waals surface area contributed by atoms with Crippen LogP contribution in [-0.2, 0) is 21.0 Å². The predicted octanol–water partition coefficient (Wildman–Crippen LogP) is 2.32. The molecule has 1 aromatic carbocycles. The highest BCUT2D eigenvalue weighted by Crippen LogP contribution is 2.39. The summed E-state index contributed by atoms with van der Waals surface area (Å²) in [6.07, 6.45) is 4.04. The topological polar surface area (TPSA) is 85.4 Å². The summed E-state index contributed by atoms with van der Waals surface area (Å²) in [7, 11) is -3.24. The lowest BCUT2D eigenvalue weighted by Crippen LogP contribution is -2.13. The second-order valence-corrected chi connectivity index (χ2v) is 8.27. The Morgan fingerprint density at radius 1 is 1.38 bits per heavy atom. The molecule has 2 aromatic rings. The SMILES string of the molecule is CCOC(=O)c1cnc2ccc3c(c2c1NC1CC1)CCS3(=O)=O. The van der Waals surface area contributed by atoms with Gasteiger partial charge in [-0.05, 0) is 43.9 Å². The minimum absolute atomic E-state index is 0.105. The fourth-order valence-corrected chi connectivity index (χ4v) is 4.72. The molecule has 2 heterocycles. The van der Waals surface area contributed by atoms with Crippen LogP contribution in [-0.4, -0.2) is 37.8 Å². The Bertz CT molecular complexity index is 949. The minimum atomic E-state index is -3.24. The Balaban J connectivity index is 1.99. The zero-order valence-corrected chi connectivity index (χ0v) is 14.1. The molecule has 4 rings (SSSR count). The van der Waals surface area contributed by atoms with E-state index in [0.717, 1.165) is 23.8 Å². The molecule has 0 bridgehead atoms. The molecule has 0 unspecified atom stereocenters. The molecule has 1 aromatic heterocycles. The smallest absolute Gasteiger partial charge is 0.341 e. The minimum Gasteiger partial charge on any atom is -0.462 e. The van der Waals surface area contributed by atoms with Crippen molar-refractivity contribution in [1.82, 2.24) is 4.98 Å². The van der Waals surface area contributed by atoms with Crippen molar-refractivity contribution < 1.29 is 17.9 Å². The number of aryl methyl sites for hydroxylation is 1. The first kappa shape index (κ1) is 15.4. The second kappa shape index (κ2) is 5.44. The van der Waals surface area contributed by atoms with Gasteiger partial charge in [-0.3, -0.25) is 4.98 Å². The van der Waals surface area contributed by atoms with Crippen molar-refractivity contribution >= 4 is 32.4 Å². The highest BCUT2D eigenvalue weighted by atomic mass is 32.2. The largest absolute Gasteiger partial charge is 0.462 e. The molecule has 24 heavy (non-hydrogen) atoms. The first-order chi connectivity index (χ1) is 11.5. The average molecular weight is 346 g/mol. The molecule has 1 N–H and O–H groups in total. The van der Waals surface area contributed by atoms with E-state index in [9.17, 15) is 13.2 Å². The maximum Gasteiger partial charge on any atom is 0.341 e. The van der Waals surface area contributed by atoms with Crippen LogP contribution in [0.25, 0.3) is 10.9 Å². The van der Waals surface area contributed by atoms with Gasteiger partial charge < -0.3 is 10.1 Å². The third-order valence-corrected chi connectivity index (χ3v) is 6.27. The Hall–Kier alpha value is -2.15. The third kappa shape index (κ3) is 2.43. The molecule has 1 aliphatic carbocycles. The molecule has 0 radical (unpaired) electrons. The van der Waals surface area contributed by atoms with Crippen LogP contribution < -0.4 is 5.32 Å². The van der Waals surface area contributed by atoms with Crippen LogP contribution in [0.2, 0.25) is 0 Å². The van der Waals surface area contributed by atoms with Crippen LogP contribution in [0.15, 0.2) is 23.2 Å². The highest BCUT2D eigenvalue weighted by molar-refractivity contribution is 7.91. The molecule has 7 heteroatoms. The Kier molecular flexibility index (Phi) is 3.49. The van der Waals surface area contributed by atoms with Crippen LogP contribution in [0.4, 0.5) is 5.69 Å². The number of rotatable bonds is 4. The third-order valence-electron chi connectivity index (χ3n) is 4.48. The molecule has 0 atom stereocenters. The van der Waals surface area contributed by atoms with E-state index in [4.69, 9.17) is 4.74 Å². The van der Waals surface area contributed by atoms with Crippen molar-refractivity contribution in [2.24, 2.45) is 0 Å². The second-order valence-electron chi connectivity index (χ2n) is 6.19. The van der Waals surface area contributed by atoms with Gasteiger partial charge >= 0.3 is 5.97 Å². The monoisotopic (exact) mass is 346 g/mol. The van der Waals surface area contributed by atoms with Gasteiger partial charge in [-0.1, -0.05) is 0 Å². The summed E-state index contributed by atoms with van der Waals surface area (Å²) in [5.74, 6) is -0.331. The van der Waals surface area contributed by atoms with E-state index in [-0.39, 0.29) is 12.4 Å². The highest BCUT2D eigenvalue weighted by Gasteiger charge is 2.32. The predicted molar refractivity (Wildman–Crippen MR) is 90.1 cm³/mol. The Labute approximate surface area is 140 Å². The lowest BCUT2D eigenvalue weighted by Gasteiger charge is -2.15. The summed E-state index contributed by atoms with van der Waals surface area (Å²) in [5.41, 5.74) is 2.49. The van der Waals surface area contributed by atoms with E-state index in [1.54, 1.807) is 19.1 Å². The van der Waals surface area contributed by atoms with E-state index in [0.29, 0.717) is 34.1 Å². The van der Waals surface area contributed by atoms with Gasteiger partial charge in [0.15, 0.2) is 9.84 Å². The molecule has 2 aliphatic rings. The van der Waals surface area contributed by atoms with Gasteiger partial charge in [-0.15, -0.1) is 0 Å². The molecular formula is C17H18N2O4S. The van der Waals surface area contributed by atoms with Crippen molar-refractivity contribution in [3.05, 3.63) is 29.5 Å². The number of carbonyl (C=O) groups excluding carboxylic acids is 1. The zero-order valence-electron chi connectivity index (χ0n) is 13.3. The number of carbonyl (C=O) groups is 1. The average Bonchev–Trinajstić information content (AvgIpc) is 3.31. The fourth-order valence-electron chi connectivity index (χ4n) is 3.17. The zero-order chi connectivity index (χ0) is 16.9. The molecular weight excluding hydrogens is 328 g/mol. The van der Waals surface area contributed by atoms with Crippen LogP contribution in [0, 0.1) is 0 Å². The van der Waals surface area contributed by atoms with Gasteiger partial charge in [0.05, 0.1) is 28.5 Å². The van der Waals surface area contributed by atoms with Gasteiger partial charge in [0.1, 0.15) is 5.56 Å². The molecule has 1 aliphatic heterocycles. The van der Waals surface area contributed by atoms with Gasteiger partial charge in [-0.2, -0.15) is 0 Å². The summed E-state index contributed by atoms with van der Waals surface area (Å²) >= 11 is 0.